The summed E-state index contributed by atoms with van der Waals surface area (Å²) in [5.41, 5.74) is 0.275. The molecule has 1 N–H and O–H groups in total. The fourth-order valence-corrected chi connectivity index (χ4v) is 3.03. The third kappa shape index (κ3) is 6.20. The van der Waals surface area contributed by atoms with Crippen LogP contribution in [0.15, 0.2) is 11.4 Å². The second kappa shape index (κ2) is 7.80. The molecule has 1 saturated carbocycles. The first-order valence-electron chi connectivity index (χ1n) is 8.07. The Kier molecular flexibility index (Phi) is 6.03. The Morgan fingerprint density at radius 3 is 2.83 bits per heavy atom. The molecule has 0 spiro atoms. The van der Waals surface area contributed by atoms with Gasteiger partial charge in [0.25, 0.3) is 0 Å². The molecule has 1 heterocycles. The summed E-state index contributed by atoms with van der Waals surface area (Å²) in [7, 11) is 0. The van der Waals surface area contributed by atoms with Crippen LogP contribution in [-0.2, 0) is 11.3 Å². The number of carbonyl (C=O) groups excluding carboxylic acids is 1. The molecular formula is C17H25N3O2S. The lowest BCUT2D eigenvalue weighted by atomic mass is 10.2. The molecule has 1 aromatic heterocycles. The Morgan fingerprint density at radius 1 is 1.52 bits per heavy atom. The summed E-state index contributed by atoms with van der Waals surface area (Å²) in [4.78, 5) is 15.2. The van der Waals surface area contributed by atoms with Crippen LogP contribution in [0.1, 0.15) is 50.5 Å². The van der Waals surface area contributed by atoms with Crippen LogP contribution in [-0.4, -0.2) is 35.7 Å². The fourth-order valence-electron chi connectivity index (χ4n) is 2.25. The first kappa shape index (κ1) is 17.8. The van der Waals surface area contributed by atoms with E-state index in [-0.39, 0.29) is 6.09 Å². The SMILES string of the molecule is CC(C)(C)OC(=O)N(CCCNCc1cc(C#N)cs1)C1CC1. The number of rotatable bonds is 7. The van der Waals surface area contributed by atoms with Crippen molar-refractivity contribution in [3.05, 3.63) is 21.9 Å². The minimum atomic E-state index is -0.444. The summed E-state index contributed by atoms with van der Waals surface area (Å²) in [6.45, 7) is 8.02. The van der Waals surface area contributed by atoms with E-state index in [1.165, 1.54) is 0 Å². The highest BCUT2D eigenvalue weighted by molar-refractivity contribution is 7.10. The van der Waals surface area contributed by atoms with E-state index in [9.17, 15) is 4.79 Å². The third-order valence-electron chi connectivity index (χ3n) is 3.45. The molecule has 0 radical (unpaired) electrons. The van der Waals surface area contributed by atoms with Gasteiger partial charge in [-0.05, 0) is 52.6 Å². The molecule has 126 valence electrons. The second-order valence-corrected chi connectivity index (χ2v) is 7.84. The topological polar surface area (TPSA) is 65.4 Å². The van der Waals surface area contributed by atoms with Crippen molar-refractivity contribution < 1.29 is 9.53 Å². The number of nitrogens with one attached hydrogen (secondary N) is 1. The van der Waals surface area contributed by atoms with E-state index in [4.69, 9.17) is 10.00 Å². The number of nitrogens with zero attached hydrogens (tertiary/aromatic N) is 2. The lowest BCUT2D eigenvalue weighted by Gasteiger charge is -2.27. The van der Waals surface area contributed by atoms with Crippen molar-refractivity contribution in [1.82, 2.24) is 10.2 Å². The zero-order valence-corrected chi connectivity index (χ0v) is 14.9. The van der Waals surface area contributed by atoms with Gasteiger partial charge in [0.1, 0.15) is 11.7 Å². The maximum Gasteiger partial charge on any atom is 0.410 e. The molecule has 5 nitrogen and oxygen atoms in total. The van der Waals surface area contributed by atoms with E-state index >= 15 is 0 Å². The molecule has 0 bridgehead atoms. The van der Waals surface area contributed by atoms with E-state index < -0.39 is 5.60 Å². The molecule has 0 unspecified atom stereocenters. The van der Waals surface area contributed by atoms with Crippen LogP contribution >= 0.6 is 11.3 Å². The monoisotopic (exact) mass is 335 g/mol. The molecule has 1 aliphatic carbocycles. The van der Waals surface area contributed by atoms with Crippen LogP contribution in [0.5, 0.6) is 0 Å². The van der Waals surface area contributed by atoms with Crippen molar-refractivity contribution in [3.8, 4) is 6.07 Å². The zero-order valence-electron chi connectivity index (χ0n) is 14.1. The van der Waals surface area contributed by atoms with Gasteiger partial charge in [-0.25, -0.2) is 4.79 Å². The number of thiophene rings is 1. The van der Waals surface area contributed by atoms with Crippen molar-refractivity contribution in [2.24, 2.45) is 0 Å². The maximum absolute atomic E-state index is 12.2. The summed E-state index contributed by atoms with van der Waals surface area (Å²) in [6.07, 6.45) is 2.86. The smallest absolute Gasteiger partial charge is 0.410 e. The largest absolute Gasteiger partial charge is 0.444 e. The lowest BCUT2D eigenvalue weighted by Crippen LogP contribution is -2.39. The predicted octanol–water partition coefficient (Wildman–Crippen LogP) is 3.50. The van der Waals surface area contributed by atoms with Crippen molar-refractivity contribution >= 4 is 17.4 Å². The first-order valence-corrected chi connectivity index (χ1v) is 8.95. The van der Waals surface area contributed by atoms with Crippen molar-refractivity contribution in [1.29, 1.82) is 5.26 Å². The highest BCUT2D eigenvalue weighted by Gasteiger charge is 2.34. The van der Waals surface area contributed by atoms with Gasteiger partial charge in [0.15, 0.2) is 0 Å². The highest BCUT2D eigenvalue weighted by Crippen LogP contribution is 2.28. The molecule has 1 fully saturated rings. The Bertz CT molecular complexity index is 567. The van der Waals surface area contributed by atoms with Crippen molar-refractivity contribution in [3.63, 3.8) is 0 Å². The molecule has 1 aliphatic rings. The number of nitriles is 1. The average molecular weight is 335 g/mol. The first-order chi connectivity index (χ1) is 10.9. The van der Waals surface area contributed by atoms with E-state index in [0.29, 0.717) is 6.04 Å². The third-order valence-corrected chi connectivity index (χ3v) is 4.39. The molecule has 0 aromatic carbocycles. The Morgan fingerprint density at radius 2 is 2.26 bits per heavy atom. The summed E-state index contributed by atoms with van der Waals surface area (Å²) in [5, 5.41) is 14.0. The van der Waals surface area contributed by atoms with Crippen LogP contribution < -0.4 is 5.32 Å². The summed E-state index contributed by atoms with van der Waals surface area (Å²) < 4.78 is 5.48. The standard InChI is InChI=1S/C17H25N3O2S/c1-17(2,3)22-16(21)20(14-5-6-14)8-4-7-19-11-15-9-13(10-18)12-23-15/h9,12,14,19H,4-8,11H2,1-3H3. The Balaban J connectivity index is 1.68. The highest BCUT2D eigenvalue weighted by atomic mass is 32.1. The lowest BCUT2D eigenvalue weighted by molar-refractivity contribution is 0.0232. The molecule has 0 atom stereocenters. The molecule has 1 aromatic rings. The van der Waals surface area contributed by atoms with Crippen molar-refractivity contribution in [2.45, 2.75) is 58.2 Å². The molecule has 6 heteroatoms. The number of carbonyl (C=O) groups is 1. The molecule has 1 amide bonds. The van der Waals surface area contributed by atoms with Crippen LogP contribution in [0.4, 0.5) is 4.79 Å². The van der Waals surface area contributed by atoms with Gasteiger partial charge in [-0.1, -0.05) is 0 Å². The number of hydrogen-bond donors (Lipinski definition) is 1. The van der Waals surface area contributed by atoms with E-state index in [1.807, 2.05) is 37.1 Å². The van der Waals surface area contributed by atoms with Gasteiger partial charge >= 0.3 is 6.09 Å². The van der Waals surface area contributed by atoms with Gasteiger partial charge in [0.2, 0.25) is 0 Å². The van der Waals surface area contributed by atoms with Gasteiger partial charge < -0.3 is 15.0 Å². The summed E-state index contributed by atoms with van der Waals surface area (Å²) >= 11 is 1.60. The van der Waals surface area contributed by atoms with Crippen LogP contribution in [0.3, 0.4) is 0 Å². The van der Waals surface area contributed by atoms with Gasteiger partial charge in [0.05, 0.1) is 5.56 Å². The number of hydrogen-bond acceptors (Lipinski definition) is 5. The summed E-state index contributed by atoms with van der Waals surface area (Å²) in [5.74, 6) is 0. The Labute approximate surface area is 142 Å². The molecular weight excluding hydrogens is 310 g/mol. The van der Waals surface area contributed by atoms with Crippen LogP contribution in [0.25, 0.3) is 0 Å². The summed E-state index contributed by atoms with van der Waals surface area (Å²) in [6, 6.07) is 4.41. The molecule has 0 aliphatic heterocycles. The van der Waals surface area contributed by atoms with Gasteiger partial charge in [-0.2, -0.15) is 5.26 Å². The molecule has 2 rings (SSSR count). The maximum atomic E-state index is 12.2. The van der Waals surface area contributed by atoms with Gasteiger partial charge in [0, 0.05) is 29.4 Å². The fraction of sp³-hybridized carbons (Fsp3) is 0.647. The number of ether oxygens (including phenoxy) is 1. The normalized spacial score (nSPS) is 14.3. The van der Waals surface area contributed by atoms with Gasteiger partial charge in [-0.3, -0.25) is 0 Å². The number of amides is 1. The molecule has 23 heavy (non-hydrogen) atoms. The Hall–Kier alpha value is -1.58. The van der Waals surface area contributed by atoms with E-state index in [2.05, 4.69) is 11.4 Å². The van der Waals surface area contributed by atoms with E-state index in [0.717, 1.165) is 49.3 Å². The zero-order chi connectivity index (χ0) is 16.9. The minimum Gasteiger partial charge on any atom is -0.444 e. The quantitative estimate of drug-likeness (QED) is 0.775. The average Bonchev–Trinajstić information content (AvgIpc) is 3.19. The minimum absolute atomic E-state index is 0.197. The van der Waals surface area contributed by atoms with E-state index in [1.54, 1.807) is 11.3 Å². The predicted molar refractivity (Wildman–Crippen MR) is 91.3 cm³/mol. The second-order valence-electron chi connectivity index (χ2n) is 6.85. The van der Waals surface area contributed by atoms with Gasteiger partial charge in [-0.15, -0.1) is 11.3 Å². The van der Waals surface area contributed by atoms with Crippen LogP contribution in [0.2, 0.25) is 0 Å². The molecule has 0 saturated heterocycles. The van der Waals surface area contributed by atoms with Crippen molar-refractivity contribution in [2.75, 3.05) is 13.1 Å². The van der Waals surface area contributed by atoms with Crippen LogP contribution in [0, 0.1) is 11.3 Å².